The second-order valence-corrected chi connectivity index (χ2v) is 6.18. The van der Waals surface area contributed by atoms with Crippen molar-refractivity contribution in [3.63, 3.8) is 0 Å². The van der Waals surface area contributed by atoms with Gasteiger partial charge in [0.2, 0.25) is 5.91 Å². The van der Waals surface area contributed by atoms with E-state index in [0.717, 1.165) is 7.11 Å². The Kier molecular flexibility index (Phi) is 4.75. The molecule has 2 fully saturated rings. The minimum atomic E-state index is -3.22. The van der Waals surface area contributed by atoms with Crippen LogP contribution in [0.25, 0.3) is 0 Å². The van der Waals surface area contributed by atoms with Crippen LogP contribution in [0.4, 0.5) is 25.1 Å². The van der Waals surface area contributed by atoms with Crippen LogP contribution in [0.3, 0.4) is 0 Å². The Morgan fingerprint density at radius 3 is 2.69 bits per heavy atom. The lowest BCUT2D eigenvalue weighted by Crippen LogP contribution is -2.52. The summed E-state index contributed by atoms with van der Waals surface area (Å²) in [6.07, 6.45) is 1.54. The molecule has 0 aliphatic carbocycles. The maximum absolute atomic E-state index is 14.2. The van der Waals surface area contributed by atoms with Gasteiger partial charge in [0.05, 0.1) is 25.5 Å². The Balaban J connectivity index is 1.71. The molecule has 0 aromatic carbocycles. The van der Waals surface area contributed by atoms with Crippen molar-refractivity contribution in [3.05, 3.63) is 18.3 Å². The third kappa shape index (κ3) is 3.44. The van der Waals surface area contributed by atoms with E-state index in [9.17, 15) is 23.2 Å². The fraction of sp³-hybridized carbons (Fsp3) is 0.500. The number of nitrogens with zero attached hydrogens (tertiary/aromatic N) is 3. The molecule has 8 nitrogen and oxygen atoms in total. The number of esters is 1. The number of hydrogen-bond acceptors (Lipinski definition) is 6. The topological polar surface area (TPSA) is 91.8 Å². The van der Waals surface area contributed by atoms with Gasteiger partial charge in [-0.1, -0.05) is 0 Å². The van der Waals surface area contributed by atoms with E-state index in [2.05, 4.69) is 15.0 Å². The number of halogens is 2. The van der Waals surface area contributed by atoms with Crippen molar-refractivity contribution >= 4 is 29.4 Å². The Labute approximate surface area is 148 Å². The molecule has 0 spiro atoms. The predicted molar refractivity (Wildman–Crippen MR) is 87.0 cm³/mol. The van der Waals surface area contributed by atoms with Gasteiger partial charge in [0, 0.05) is 19.5 Å². The lowest BCUT2D eigenvalue weighted by molar-refractivity contribution is -0.162. The molecule has 0 bridgehead atoms. The molecule has 3 amide bonds. The second kappa shape index (κ2) is 6.85. The van der Waals surface area contributed by atoms with Gasteiger partial charge >= 0.3 is 12.0 Å². The van der Waals surface area contributed by atoms with Crippen LogP contribution in [0.5, 0.6) is 0 Å². The number of alkyl halides is 2. The van der Waals surface area contributed by atoms with Crippen molar-refractivity contribution in [1.29, 1.82) is 0 Å². The maximum Gasteiger partial charge on any atom is 0.328 e. The van der Waals surface area contributed by atoms with Crippen molar-refractivity contribution < 1.29 is 27.9 Å². The van der Waals surface area contributed by atoms with Crippen LogP contribution < -0.4 is 15.1 Å². The number of rotatable bonds is 3. The molecule has 140 valence electrons. The highest BCUT2D eigenvalue weighted by atomic mass is 19.3. The predicted octanol–water partition coefficient (Wildman–Crippen LogP) is 1.16. The van der Waals surface area contributed by atoms with Gasteiger partial charge in [0.1, 0.15) is 11.7 Å². The van der Waals surface area contributed by atoms with E-state index in [1.54, 1.807) is 6.07 Å². The highest BCUT2D eigenvalue weighted by Crippen LogP contribution is 2.35. The maximum atomic E-state index is 14.2. The first-order valence-corrected chi connectivity index (χ1v) is 8.10. The minimum Gasteiger partial charge on any atom is -0.469 e. The number of amides is 3. The molecule has 26 heavy (non-hydrogen) atoms. The van der Waals surface area contributed by atoms with E-state index < -0.39 is 30.4 Å². The van der Waals surface area contributed by atoms with Gasteiger partial charge in [-0.2, -0.15) is 0 Å². The van der Waals surface area contributed by atoms with Crippen molar-refractivity contribution in [2.24, 2.45) is 5.92 Å². The van der Waals surface area contributed by atoms with Crippen molar-refractivity contribution in [1.82, 2.24) is 10.3 Å². The second-order valence-electron chi connectivity index (χ2n) is 6.18. The summed E-state index contributed by atoms with van der Waals surface area (Å²) in [5.74, 6) is -5.61. The summed E-state index contributed by atoms with van der Waals surface area (Å²) < 4.78 is 32.9. The van der Waals surface area contributed by atoms with Crippen LogP contribution in [-0.2, 0) is 14.3 Å². The number of hydrogen-bond donors (Lipinski definition) is 1. The Bertz CT molecular complexity index is 725. The number of carbonyl (C=O) groups excluding carboxylic acids is 3. The highest BCUT2D eigenvalue weighted by molar-refractivity contribution is 6.05. The van der Waals surface area contributed by atoms with Crippen LogP contribution in [0.1, 0.15) is 12.8 Å². The van der Waals surface area contributed by atoms with E-state index in [-0.39, 0.29) is 31.8 Å². The smallest absolute Gasteiger partial charge is 0.328 e. The van der Waals surface area contributed by atoms with Gasteiger partial charge in [-0.3, -0.25) is 19.8 Å². The van der Waals surface area contributed by atoms with Crippen LogP contribution in [0, 0.1) is 5.92 Å². The molecule has 1 atom stereocenters. The Morgan fingerprint density at radius 2 is 2.12 bits per heavy atom. The van der Waals surface area contributed by atoms with Gasteiger partial charge in [-0.25, -0.2) is 18.6 Å². The Morgan fingerprint density at radius 1 is 1.35 bits per heavy atom. The van der Waals surface area contributed by atoms with Crippen molar-refractivity contribution in [2.45, 2.75) is 18.8 Å². The lowest BCUT2D eigenvalue weighted by Gasteiger charge is -2.37. The molecule has 2 aliphatic heterocycles. The van der Waals surface area contributed by atoms with E-state index >= 15 is 0 Å². The molecular weight excluding hydrogens is 350 g/mol. The highest BCUT2D eigenvalue weighted by Gasteiger charge is 2.49. The number of ether oxygens (including phenoxy) is 1. The van der Waals surface area contributed by atoms with Gasteiger partial charge in [0.15, 0.2) is 0 Å². The Hall–Kier alpha value is -2.78. The van der Waals surface area contributed by atoms with Crippen molar-refractivity contribution in [3.8, 4) is 0 Å². The number of anilines is 2. The molecule has 1 unspecified atom stereocenters. The molecule has 2 aliphatic rings. The standard InChI is InChI=1S/C16H18F2N4O4/c1-26-14(24)11-4-6-21(9-16(11,17)18)12-3-2-10(8-19-12)22-7-5-13(23)20-15(22)25/h2-3,8,11H,4-7,9H2,1H3,(H,20,23,25). The zero-order valence-corrected chi connectivity index (χ0v) is 14.1. The average Bonchev–Trinajstić information content (AvgIpc) is 2.60. The van der Waals surface area contributed by atoms with Gasteiger partial charge < -0.3 is 9.64 Å². The van der Waals surface area contributed by atoms with Crippen LogP contribution in [0.15, 0.2) is 18.3 Å². The number of aromatic nitrogens is 1. The molecule has 0 saturated carbocycles. The largest absolute Gasteiger partial charge is 0.469 e. The molecule has 1 aromatic rings. The summed E-state index contributed by atoms with van der Waals surface area (Å²) in [6.45, 7) is -0.174. The summed E-state index contributed by atoms with van der Waals surface area (Å²) in [4.78, 5) is 41.4. The summed E-state index contributed by atoms with van der Waals surface area (Å²) in [7, 11) is 1.09. The molecule has 0 radical (unpaired) electrons. The molecule has 2 saturated heterocycles. The molecule has 1 aromatic heterocycles. The van der Waals surface area contributed by atoms with E-state index in [1.807, 2.05) is 0 Å². The van der Waals surface area contributed by atoms with E-state index in [1.165, 1.54) is 22.1 Å². The van der Waals surface area contributed by atoms with Gasteiger partial charge in [0.25, 0.3) is 5.92 Å². The molecule has 1 N–H and O–H groups in total. The first-order chi connectivity index (χ1) is 12.3. The summed E-state index contributed by atoms with van der Waals surface area (Å²) in [5, 5.41) is 2.20. The summed E-state index contributed by atoms with van der Waals surface area (Å²) >= 11 is 0. The average molecular weight is 368 g/mol. The number of nitrogens with one attached hydrogen (secondary N) is 1. The molecular formula is C16H18F2N4O4. The quantitative estimate of drug-likeness (QED) is 0.805. The number of pyridine rings is 1. The molecule has 10 heteroatoms. The lowest BCUT2D eigenvalue weighted by atomic mass is 9.93. The summed E-state index contributed by atoms with van der Waals surface area (Å²) in [5.41, 5.74) is 0.468. The van der Waals surface area contributed by atoms with Gasteiger partial charge in [-0.05, 0) is 18.6 Å². The molecule has 3 heterocycles. The monoisotopic (exact) mass is 368 g/mol. The number of carbonyl (C=O) groups is 3. The third-order valence-corrected chi connectivity index (χ3v) is 4.51. The fourth-order valence-corrected chi connectivity index (χ4v) is 3.10. The van der Waals surface area contributed by atoms with Crippen molar-refractivity contribution in [2.75, 3.05) is 36.5 Å². The first kappa shape index (κ1) is 18.0. The van der Waals surface area contributed by atoms with Crippen LogP contribution in [0.2, 0.25) is 0 Å². The molecule has 3 rings (SSSR count). The fourth-order valence-electron chi connectivity index (χ4n) is 3.10. The number of imide groups is 1. The number of methoxy groups -OCH3 is 1. The summed E-state index contributed by atoms with van der Waals surface area (Å²) in [6, 6.07) is 2.58. The minimum absolute atomic E-state index is 0.0419. The SMILES string of the molecule is COC(=O)C1CCN(c2ccc(N3CCC(=O)NC3=O)cn2)CC1(F)F. The van der Waals surface area contributed by atoms with E-state index in [0.29, 0.717) is 11.5 Å². The van der Waals surface area contributed by atoms with Crippen LogP contribution >= 0.6 is 0 Å². The number of piperidine rings is 1. The van der Waals surface area contributed by atoms with Gasteiger partial charge in [-0.15, -0.1) is 0 Å². The van der Waals surface area contributed by atoms with E-state index in [4.69, 9.17) is 0 Å². The zero-order valence-electron chi connectivity index (χ0n) is 14.1. The zero-order chi connectivity index (χ0) is 18.9. The normalized spacial score (nSPS) is 22.8. The number of urea groups is 1. The third-order valence-electron chi connectivity index (χ3n) is 4.51. The first-order valence-electron chi connectivity index (χ1n) is 8.10. The van der Waals surface area contributed by atoms with Crippen LogP contribution in [-0.4, -0.2) is 55.6 Å².